The first-order chi connectivity index (χ1) is 10.0. The second kappa shape index (κ2) is 6.58. The predicted molar refractivity (Wildman–Crippen MR) is 83.6 cm³/mol. The number of benzene rings is 1. The number of nitrogen functional groups attached to an aromatic ring is 1. The standard InChI is InChI=1S/C15H15BrN2O3/c1-3-20-15(19)11-6-7-18-14(13(11)17)21-10-4-5-12(16)9(2)8-10/h4-8H,3,17H2,1-2H3. The molecule has 2 rings (SSSR count). The van der Waals surface area contributed by atoms with Crippen molar-refractivity contribution in [2.24, 2.45) is 0 Å². The highest BCUT2D eigenvalue weighted by molar-refractivity contribution is 9.10. The number of ether oxygens (including phenoxy) is 2. The van der Waals surface area contributed by atoms with E-state index in [1.54, 1.807) is 13.0 Å². The van der Waals surface area contributed by atoms with Gasteiger partial charge in [0.25, 0.3) is 0 Å². The van der Waals surface area contributed by atoms with Gasteiger partial charge in [0.2, 0.25) is 5.88 Å². The van der Waals surface area contributed by atoms with Crippen molar-refractivity contribution in [2.75, 3.05) is 12.3 Å². The van der Waals surface area contributed by atoms with Gasteiger partial charge in [-0.3, -0.25) is 0 Å². The number of hydrogen-bond acceptors (Lipinski definition) is 5. The average Bonchev–Trinajstić information content (AvgIpc) is 2.45. The number of nitrogens with zero attached hydrogens (tertiary/aromatic N) is 1. The minimum Gasteiger partial charge on any atom is -0.462 e. The van der Waals surface area contributed by atoms with Crippen molar-refractivity contribution >= 4 is 27.6 Å². The van der Waals surface area contributed by atoms with Crippen LogP contribution in [0.1, 0.15) is 22.8 Å². The summed E-state index contributed by atoms with van der Waals surface area (Å²) in [6.07, 6.45) is 1.46. The van der Waals surface area contributed by atoms with E-state index in [-0.39, 0.29) is 23.7 Å². The number of aromatic nitrogens is 1. The van der Waals surface area contributed by atoms with E-state index in [0.717, 1.165) is 10.0 Å². The van der Waals surface area contributed by atoms with E-state index >= 15 is 0 Å². The third-order valence-corrected chi connectivity index (χ3v) is 3.68. The van der Waals surface area contributed by atoms with E-state index in [1.165, 1.54) is 12.3 Å². The molecule has 0 spiro atoms. The smallest absolute Gasteiger partial charge is 0.340 e. The van der Waals surface area contributed by atoms with Crippen molar-refractivity contribution in [3.63, 3.8) is 0 Å². The molecule has 1 aromatic heterocycles. The number of anilines is 1. The summed E-state index contributed by atoms with van der Waals surface area (Å²) >= 11 is 3.42. The highest BCUT2D eigenvalue weighted by Crippen LogP contribution is 2.30. The van der Waals surface area contributed by atoms with Crippen molar-refractivity contribution in [3.8, 4) is 11.6 Å². The number of hydrogen-bond donors (Lipinski definition) is 1. The monoisotopic (exact) mass is 350 g/mol. The molecule has 2 aromatic rings. The van der Waals surface area contributed by atoms with Crippen LogP contribution < -0.4 is 10.5 Å². The van der Waals surface area contributed by atoms with Crippen molar-refractivity contribution in [1.82, 2.24) is 4.98 Å². The molecule has 110 valence electrons. The minimum absolute atomic E-state index is 0.163. The molecule has 0 saturated carbocycles. The van der Waals surface area contributed by atoms with Crippen LogP contribution in [0.5, 0.6) is 11.6 Å². The molecule has 0 aliphatic carbocycles. The van der Waals surface area contributed by atoms with E-state index in [0.29, 0.717) is 5.75 Å². The summed E-state index contributed by atoms with van der Waals surface area (Å²) in [5, 5.41) is 0. The van der Waals surface area contributed by atoms with Crippen molar-refractivity contribution < 1.29 is 14.3 Å². The molecule has 0 bridgehead atoms. The molecule has 0 radical (unpaired) electrons. The highest BCUT2D eigenvalue weighted by Gasteiger charge is 2.16. The predicted octanol–water partition coefficient (Wildman–Crippen LogP) is 3.70. The Morgan fingerprint density at radius 3 is 2.81 bits per heavy atom. The van der Waals surface area contributed by atoms with Gasteiger partial charge in [0, 0.05) is 10.7 Å². The maximum absolute atomic E-state index is 11.8. The summed E-state index contributed by atoms with van der Waals surface area (Å²) in [5.74, 6) is 0.285. The Kier molecular flexibility index (Phi) is 4.80. The summed E-state index contributed by atoms with van der Waals surface area (Å²) < 4.78 is 11.6. The number of rotatable bonds is 4. The van der Waals surface area contributed by atoms with E-state index in [4.69, 9.17) is 15.2 Å². The fourth-order valence-electron chi connectivity index (χ4n) is 1.71. The van der Waals surface area contributed by atoms with Crippen LogP contribution in [-0.2, 0) is 4.74 Å². The lowest BCUT2D eigenvalue weighted by molar-refractivity contribution is 0.0527. The summed E-state index contributed by atoms with van der Waals surface area (Å²) in [4.78, 5) is 15.8. The number of nitrogens with two attached hydrogens (primary N) is 1. The fraction of sp³-hybridized carbons (Fsp3) is 0.200. The van der Waals surface area contributed by atoms with Gasteiger partial charge in [0.15, 0.2) is 0 Å². The molecule has 21 heavy (non-hydrogen) atoms. The van der Waals surface area contributed by atoms with Gasteiger partial charge in [-0.15, -0.1) is 0 Å². The van der Waals surface area contributed by atoms with Crippen LogP contribution in [0.4, 0.5) is 5.69 Å². The second-order valence-corrected chi connectivity index (χ2v) is 5.17. The molecule has 0 unspecified atom stereocenters. The van der Waals surface area contributed by atoms with Gasteiger partial charge < -0.3 is 15.2 Å². The molecule has 6 heteroatoms. The Hall–Kier alpha value is -2.08. The molecular formula is C15H15BrN2O3. The third kappa shape index (κ3) is 3.52. The van der Waals surface area contributed by atoms with E-state index in [1.807, 2.05) is 19.1 Å². The van der Waals surface area contributed by atoms with Gasteiger partial charge in [0.1, 0.15) is 11.4 Å². The molecule has 1 aromatic carbocycles. The third-order valence-electron chi connectivity index (χ3n) is 2.79. The minimum atomic E-state index is -0.491. The Bertz CT molecular complexity index is 674. The maximum atomic E-state index is 11.8. The molecule has 1 heterocycles. The van der Waals surface area contributed by atoms with Crippen LogP contribution in [0.2, 0.25) is 0 Å². The SMILES string of the molecule is CCOC(=O)c1ccnc(Oc2ccc(Br)c(C)c2)c1N. The average molecular weight is 351 g/mol. The maximum Gasteiger partial charge on any atom is 0.340 e. The lowest BCUT2D eigenvalue weighted by Crippen LogP contribution is -2.09. The number of pyridine rings is 1. The highest BCUT2D eigenvalue weighted by atomic mass is 79.9. The zero-order valence-corrected chi connectivity index (χ0v) is 13.3. The van der Waals surface area contributed by atoms with E-state index in [2.05, 4.69) is 20.9 Å². The Morgan fingerprint density at radius 1 is 1.38 bits per heavy atom. The fourth-order valence-corrected chi connectivity index (χ4v) is 1.96. The first-order valence-electron chi connectivity index (χ1n) is 6.38. The summed E-state index contributed by atoms with van der Waals surface area (Å²) in [6.45, 7) is 3.96. The Morgan fingerprint density at radius 2 is 2.14 bits per heavy atom. The second-order valence-electron chi connectivity index (χ2n) is 4.31. The molecule has 0 aliphatic rings. The van der Waals surface area contributed by atoms with Gasteiger partial charge in [-0.1, -0.05) is 15.9 Å². The Labute approximate surface area is 131 Å². The molecule has 0 amide bonds. The van der Waals surface area contributed by atoms with Gasteiger partial charge >= 0.3 is 5.97 Å². The van der Waals surface area contributed by atoms with Gasteiger partial charge in [0.05, 0.1) is 12.2 Å². The lowest BCUT2D eigenvalue weighted by Gasteiger charge is -2.11. The largest absolute Gasteiger partial charge is 0.462 e. The normalized spacial score (nSPS) is 10.2. The van der Waals surface area contributed by atoms with Crippen molar-refractivity contribution in [1.29, 1.82) is 0 Å². The lowest BCUT2D eigenvalue weighted by atomic mass is 10.2. The summed E-state index contributed by atoms with van der Waals surface area (Å²) in [5.41, 5.74) is 7.36. The van der Waals surface area contributed by atoms with Gasteiger partial charge in [-0.2, -0.15) is 0 Å². The number of carbonyl (C=O) groups excluding carboxylic acids is 1. The summed E-state index contributed by atoms with van der Waals surface area (Å²) in [7, 11) is 0. The molecule has 0 saturated heterocycles. The van der Waals surface area contributed by atoms with Crippen LogP contribution in [0.25, 0.3) is 0 Å². The number of carbonyl (C=O) groups is 1. The van der Waals surface area contributed by atoms with Crippen molar-refractivity contribution in [2.45, 2.75) is 13.8 Å². The first-order valence-corrected chi connectivity index (χ1v) is 7.17. The zero-order chi connectivity index (χ0) is 15.4. The zero-order valence-electron chi connectivity index (χ0n) is 11.7. The Balaban J connectivity index is 2.30. The topological polar surface area (TPSA) is 74.4 Å². The van der Waals surface area contributed by atoms with Gasteiger partial charge in [-0.25, -0.2) is 9.78 Å². The van der Waals surface area contributed by atoms with Gasteiger partial charge in [-0.05, 0) is 43.7 Å². The van der Waals surface area contributed by atoms with Crippen molar-refractivity contribution in [3.05, 3.63) is 46.1 Å². The first kappa shape index (κ1) is 15.3. The van der Waals surface area contributed by atoms with Crippen LogP contribution in [0, 0.1) is 6.92 Å². The number of esters is 1. The molecule has 0 atom stereocenters. The molecule has 2 N–H and O–H groups in total. The van der Waals surface area contributed by atoms with E-state index in [9.17, 15) is 4.79 Å². The van der Waals surface area contributed by atoms with Crippen LogP contribution in [0.3, 0.4) is 0 Å². The molecule has 0 aliphatic heterocycles. The quantitative estimate of drug-likeness (QED) is 0.850. The van der Waals surface area contributed by atoms with Crippen LogP contribution in [-0.4, -0.2) is 17.6 Å². The number of aryl methyl sites for hydroxylation is 1. The van der Waals surface area contributed by atoms with Crippen LogP contribution >= 0.6 is 15.9 Å². The van der Waals surface area contributed by atoms with E-state index < -0.39 is 5.97 Å². The number of halogens is 1. The molecule has 0 fully saturated rings. The molecule has 5 nitrogen and oxygen atoms in total. The molecular weight excluding hydrogens is 336 g/mol. The van der Waals surface area contributed by atoms with Crippen LogP contribution in [0.15, 0.2) is 34.9 Å². The summed E-state index contributed by atoms with van der Waals surface area (Å²) in [6, 6.07) is 7.01.